The molecule has 0 spiro atoms. The minimum Gasteiger partial charge on any atom is -0.493 e. The lowest BCUT2D eigenvalue weighted by molar-refractivity contribution is 0.460. The molecule has 4 nitrogen and oxygen atoms in total. The first-order valence-electron chi connectivity index (χ1n) is 4.25. The van der Waals surface area contributed by atoms with Gasteiger partial charge in [-0.25, -0.2) is 4.98 Å². The number of anilines is 1. The van der Waals surface area contributed by atoms with Gasteiger partial charge in [0.25, 0.3) is 0 Å². The van der Waals surface area contributed by atoms with Crippen molar-refractivity contribution in [2.45, 2.75) is 0 Å². The molecule has 0 saturated heterocycles. The fourth-order valence-electron chi connectivity index (χ4n) is 1.29. The van der Waals surface area contributed by atoms with E-state index in [-0.39, 0.29) is 11.8 Å². The molecule has 2 rings (SSSR count). The Kier molecular flexibility index (Phi) is 3.36. The van der Waals surface area contributed by atoms with Gasteiger partial charge in [-0.2, -0.15) is 4.98 Å². The number of aromatic nitrogens is 2. The van der Waals surface area contributed by atoms with Gasteiger partial charge < -0.3 is 10.8 Å². The molecule has 1 aromatic heterocycles. The van der Waals surface area contributed by atoms with E-state index >= 15 is 0 Å². The Balaban J connectivity index is 2.62. The molecule has 0 fully saturated rings. The number of nitrogens with two attached hydrogens (primary N) is 1. The summed E-state index contributed by atoms with van der Waals surface area (Å²) in [6.45, 7) is 0. The highest BCUT2D eigenvalue weighted by molar-refractivity contribution is 14.2. The Hall–Kier alpha value is -1.20. The highest BCUT2D eigenvalue weighted by Gasteiger charge is 2.04. The summed E-state index contributed by atoms with van der Waals surface area (Å²) < 4.78 is 0. The van der Waals surface area contributed by atoms with Gasteiger partial charge in [-0.05, 0) is 32.4 Å². The Morgan fingerprint density at radius 3 is 2.94 bits per heavy atom. The molecule has 0 aliphatic heterocycles. The average Bonchev–Trinajstić information content (AvgIpc) is 2.26. The Morgan fingerprint density at radius 2 is 2.19 bits per heavy atom. The maximum atomic E-state index is 9.62. The van der Waals surface area contributed by atoms with Gasteiger partial charge in [0.2, 0.25) is 11.8 Å². The van der Waals surface area contributed by atoms with Gasteiger partial charge in [0.05, 0.1) is 10.9 Å². The summed E-state index contributed by atoms with van der Waals surface area (Å²) in [7, 11) is 1.40. The van der Waals surface area contributed by atoms with Crippen LogP contribution in [0.25, 0.3) is 10.9 Å². The SMILES string of the molecule is Nc1nc(O)c2cc(C#CSI)ccc2n1. The smallest absolute Gasteiger partial charge is 0.223 e. The lowest BCUT2D eigenvalue weighted by atomic mass is 10.1. The van der Waals surface area contributed by atoms with E-state index in [0.29, 0.717) is 10.9 Å². The van der Waals surface area contributed by atoms with Crippen LogP contribution in [0.4, 0.5) is 5.95 Å². The van der Waals surface area contributed by atoms with Gasteiger partial charge >= 0.3 is 0 Å². The van der Waals surface area contributed by atoms with Crippen molar-refractivity contribution in [2.24, 2.45) is 0 Å². The molecule has 0 atom stereocenters. The molecule has 0 saturated carbocycles. The molecule has 80 valence electrons. The Morgan fingerprint density at radius 1 is 1.38 bits per heavy atom. The van der Waals surface area contributed by atoms with Crippen LogP contribution in [0.5, 0.6) is 5.88 Å². The Bertz CT molecular complexity index is 606. The number of rotatable bonds is 0. The number of hydrogen-bond donors (Lipinski definition) is 2. The molecule has 1 aromatic carbocycles. The fraction of sp³-hybridized carbons (Fsp3) is 0. The molecule has 0 aliphatic rings. The van der Waals surface area contributed by atoms with Gasteiger partial charge in [-0.15, -0.1) is 0 Å². The lowest BCUT2D eigenvalue weighted by Gasteiger charge is -2.01. The molecule has 1 heterocycles. The van der Waals surface area contributed by atoms with Crippen LogP contribution in [0.15, 0.2) is 18.2 Å². The molecule has 3 N–H and O–H groups in total. The van der Waals surface area contributed by atoms with Crippen LogP contribution in [0.1, 0.15) is 5.56 Å². The number of hydrogen-bond acceptors (Lipinski definition) is 5. The summed E-state index contributed by atoms with van der Waals surface area (Å²) in [6.07, 6.45) is 0. The molecule has 6 heteroatoms. The van der Waals surface area contributed by atoms with Crippen LogP contribution in [-0.4, -0.2) is 15.1 Å². The maximum absolute atomic E-state index is 9.62. The number of nitrogens with zero attached hydrogens (tertiary/aromatic N) is 2. The predicted octanol–water partition coefficient (Wildman–Crippen LogP) is 2.31. The largest absolute Gasteiger partial charge is 0.493 e. The number of aromatic hydroxyl groups is 1. The zero-order chi connectivity index (χ0) is 11.5. The zero-order valence-corrected chi connectivity index (χ0v) is 10.9. The highest BCUT2D eigenvalue weighted by atomic mass is 127. The summed E-state index contributed by atoms with van der Waals surface area (Å²) in [5.41, 5.74) is 6.84. The van der Waals surface area contributed by atoms with E-state index in [4.69, 9.17) is 5.73 Å². The maximum Gasteiger partial charge on any atom is 0.223 e. The standard InChI is InChI=1S/C10H6IN3OS/c11-16-4-3-6-1-2-8-7(5-6)9(15)14-10(12)13-8/h1-2,5H,(H3,12,13,14,15). The van der Waals surface area contributed by atoms with Crippen molar-refractivity contribution >= 4 is 47.0 Å². The first kappa shape index (κ1) is 11.3. The van der Waals surface area contributed by atoms with E-state index in [1.807, 2.05) is 6.07 Å². The third-order valence-electron chi connectivity index (χ3n) is 1.93. The minimum absolute atomic E-state index is 0.0617. The minimum atomic E-state index is -0.117. The highest BCUT2D eigenvalue weighted by Crippen LogP contribution is 2.23. The molecule has 0 radical (unpaired) electrons. The quantitative estimate of drug-likeness (QED) is 0.567. The van der Waals surface area contributed by atoms with Crippen molar-refractivity contribution in [3.05, 3.63) is 23.8 Å². The van der Waals surface area contributed by atoms with Crippen LogP contribution in [0, 0.1) is 11.2 Å². The molecule has 2 aromatic rings. The third-order valence-corrected chi connectivity index (χ3v) is 2.77. The summed E-state index contributed by atoms with van der Waals surface area (Å²) in [4.78, 5) is 7.70. The molecular formula is C10H6IN3OS. The molecule has 16 heavy (non-hydrogen) atoms. The second-order valence-electron chi connectivity index (χ2n) is 2.94. The Labute approximate surface area is 108 Å². The first-order chi connectivity index (χ1) is 7.70. The van der Waals surface area contributed by atoms with Crippen molar-refractivity contribution in [3.8, 4) is 17.1 Å². The molecule has 0 bridgehead atoms. The topological polar surface area (TPSA) is 72.0 Å². The van der Waals surface area contributed by atoms with Crippen molar-refractivity contribution < 1.29 is 5.11 Å². The lowest BCUT2D eigenvalue weighted by Crippen LogP contribution is -1.95. The van der Waals surface area contributed by atoms with Crippen LogP contribution < -0.4 is 5.73 Å². The van der Waals surface area contributed by atoms with Gasteiger partial charge in [-0.3, -0.25) is 0 Å². The van der Waals surface area contributed by atoms with Crippen LogP contribution in [-0.2, 0) is 0 Å². The van der Waals surface area contributed by atoms with Crippen molar-refractivity contribution in [1.82, 2.24) is 9.97 Å². The molecule has 0 aliphatic carbocycles. The van der Waals surface area contributed by atoms with Crippen molar-refractivity contribution in [2.75, 3.05) is 5.73 Å². The van der Waals surface area contributed by atoms with E-state index in [0.717, 1.165) is 5.56 Å². The van der Waals surface area contributed by atoms with E-state index in [9.17, 15) is 5.11 Å². The van der Waals surface area contributed by atoms with E-state index < -0.39 is 0 Å². The predicted molar refractivity (Wildman–Crippen MR) is 74.1 cm³/mol. The van der Waals surface area contributed by atoms with Crippen LogP contribution in [0.3, 0.4) is 0 Å². The van der Waals surface area contributed by atoms with Crippen molar-refractivity contribution in [3.63, 3.8) is 0 Å². The van der Waals surface area contributed by atoms with E-state index in [1.54, 1.807) is 12.1 Å². The number of benzene rings is 1. The van der Waals surface area contributed by atoms with Gasteiger partial charge in [0, 0.05) is 26.8 Å². The average molecular weight is 343 g/mol. The second-order valence-corrected chi connectivity index (χ2v) is 4.62. The summed E-state index contributed by atoms with van der Waals surface area (Å²) >= 11 is 2.10. The van der Waals surface area contributed by atoms with Crippen LogP contribution >= 0.6 is 30.1 Å². The number of halogens is 1. The van der Waals surface area contributed by atoms with Crippen LogP contribution in [0.2, 0.25) is 0 Å². The first-order valence-corrected chi connectivity index (χ1v) is 7.61. The molecular weight excluding hydrogens is 337 g/mol. The van der Waals surface area contributed by atoms with E-state index in [1.165, 1.54) is 8.93 Å². The fourth-order valence-corrected chi connectivity index (χ4v) is 1.77. The summed E-state index contributed by atoms with van der Waals surface area (Å²) in [5.74, 6) is 2.88. The summed E-state index contributed by atoms with van der Waals surface area (Å²) in [5, 5.41) is 13.0. The zero-order valence-electron chi connectivity index (χ0n) is 7.94. The normalized spacial score (nSPS) is 9.81. The second kappa shape index (κ2) is 4.76. The van der Waals surface area contributed by atoms with E-state index in [2.05, 4.69) is 42.3 Å². The molecule has 0 unspecified atom stereocenters. The van der Waals surface area contributed by atoms with Crippen molar-refractivity contribution in [1.29, 1.82) is 0 Å². The van der Waals surface area contributed by atoms with Gasteiger partial charge in [0.15, 0.2) is 0 Å². The van der Waals surface area contributed by atoms with Gasteiger partial charge in [-0.1, -0.05) is 5.92 Å². The number of fused-ring (bicyclic) bond motifs is 1. The summed E-state index contributed by atoms with van der Waals surface area (Å²) in [6, 6.07) is 5.33. The molecule has 0 amide bonds. The van der Waals surface area contributed by atoms with Gasteiger partial charge in [0.1, 0.15) is 0 Å². The third kappa shape index (κ3) is 2.31. The number of nitrogen functional groups attached to an aromatic ring is 1. The monoisotopic (exact) mass is 343 g/mol.